The molecule has 0 heterocycles. The Morgan fingerprint density at radius 1 is 1.33 bits per heavy atom. The first-order valence-electron chi connectivity index (χ1n) is 6.36. The van der Waals surface area contributed by atoms with Crippen LogP contribution < -0.4 is 10.6 Å². The topological polar surface area (TPSA) is 41.1 Å². The molecule has 0 atom stereocenters. The van der Waals surface area contributed by atoms with Crippen LogP contribution in [0.5, 0.6) is 0 Å². The number of hydrogen-bond acceptors (Lipinski definition) is 2. The van der Waals surface area contributed by atoms with Crippen LogP contribution in [0.2, 0.25) is 0 Å². The second-order valence-corrected chi connectivity index (χ2v) is 5.27. The average molecular weight is 313 g/mol. The van der Waals surface area contributed by atoms with E-state index in [-0.39, 0.29) is 11.9 Å². The van der Waals surface area contributed by atoms with Gasteiger partial charge in [-0.05, 0) is 53.4 Å². The van der Waals surface area contributed by atoms with Gasteiger partial charge in [0.15, 0.2) is 0 Å². The molecule has 0 aliphatic heterocycles. The minimum absolute atomic E-state index is 0.0381. The molecule has 2 N–H and O–H groups in total. The summed E-state index contributed by atoms with van der Waals surface area (Å²) in [5.41, 5.74) is 2.13. The molecule has 1 aromatic carbocycles. The van der Waals surface area contributed by atoms with Gasteiger partial charge in [0.1, 0.15) is 0 Å². The molecule has 4 heteroatoms. The number of nitrogens with one attached hydrogen (secondary N) is 2. The lowest BCUT2D eigenvalue weighted by molar-refractivity contribution is -0.120. The van der Waals surface area contributed by atoms with Crippen molar-refractivity contribution >= 4 is 27.5 Å². The predicted octanol–water partition coefficient (Wildman–Crippen LogP) is 3.47. The molecular formula is C14H21BrN2O. The Morgan fingerprint density at radius 2 is 2.00 bits per heavy atom. The van der Waals surface area contributed by atoms with Crippen LogP contribution in [0.15, 0.2) is 22.7 Å². The first kappa shape index (κ1) is 15.0. The maximum Gasteiger partial charge on any atom is 0.239 e. The van der Waals surface area contributed by atoms with Crippen molar-refractivity contribution in [1.82, 2.24) is 5.32 Å². The number of amides is 1. The fourth-order valence-corrected chi connectivity index (χ4v) is 2.34. The smallest absolute Gasteiger partial charge is 0.239 e. The zero-order chi connectivity index (χ0) is 13.5. The van der Waals surface area contributed by atoms with Crippen LogP contribution in [0.4, 0.5) is 5.69 Å². The van der Waals surface area contributed by atoms with Crippen molar-refractivity contribution in [3.8, 4) is 0 Å². The van der Waals surface area contributed by atoms with Crippen LogP contribution in [0.1, 0.15) is 32.3 Å². The standard InChI is InChI=1S/C14H21BrN2O/c1-4-11(5-2)17-14(18)9-16-13-7-6-10(3)8-12(13)15/h6-8,11,16H,4-5,9H2,1-3H3,(H,17,18). The zero-order valence-corrected chi connectivity index (χ0v) is 12.8. The summed E-state index contributed by atoms with van der Waals surface area (Å²) < 4.78 is 0.984. The molecule has 0 bridgehead atoms. The molecule has 0 fully saturated rings. The maximum atomic E-state index is 11.7. The summed E-state index contributed by atoms with van der Waals surface area (Å²) in [6, 6.07) is 6.30. The highest BCUT2D eigenvalue weighted by Crippen LogP contribution is 2.22. The van der Waals surface area contributed by atoms with E-state index in [9.17, 15) is 4.79 Å². The highest BCUT2D eigenvalue weighted by atomic mass is 79.9. The number of carbonyl (C=O) groups is 1. The largest absolute Gasteiger partial charge is 0.375 e. The SMILES string of the molecule is CCC(CC)NC(=O)CNc1ccc(C)cc1Br. The Labute approximate surface area is 117 Å². The van der Waals surface area contributed by atoms with Crippen molar-refractivity contribution in [1.29, 1.82) is 0 Å². The molecule has 3 nitrogen and oxygen atoms in total. The van der Waals surface area contributed by atoms with Gasteiger partial charge in [-0.25, -0.2) is 0 Å². The number of halogens is 1. The summed E-state index contributed by atoms with van der Waals surface area (Å²) in [5, 5.41) is 6.14. The molecule has 0 aromatic heterocycles. The molecule has 0 aliphatic carbocycles. The van der Waals surface area contributed by atoms with E-state index in [4.69, 9.17) is 0 Å². The molecule has 0 saturated carbocycles. The lowest BCUT2D eigenvalue weighted by atomic mass is 10.2. The fraction of sp³-hybridized carbons (Fsp3) is 0.500. The number of benzene rings is 1. The van der Waals surface area contributed by atoms with Gasteiger partial charge in [0.25, 0.3) is 0 Å². The molecule has 1 aromatic rings. The summed E-state index contributed by atoms with van der Waals surface area (Å²) in [6.07, 6.45) is 1.94. The molecule has 0 aliphatic rings. The van der Waals surface area contributed by atoms with Crippen LogP contribution in [-0.4, -0.2) is 18.5 Å². The van der Waals surface area contributed by atoms with Crippen molar-refractivity contribution in [3.05, 3.63) is 28.2 Å². The van der Waals surface area contributed by atoms with E-state index in [0.29, 0.717) is 6.54 Å². The second kappa shape index (κ2) is 7.41. The van der Waals surface area contributed by atoms with Crippen molar-refractivity contribution in [2.24, 2.45) is 0 Å². The van der Waals surface area contributed by atoms with Gasteiger partial charge in [-0.15, -0.1) is 0 Å². The van der Waals surface area contributed by atoms with E-state index >= 15 is 0 Å². The molecule has 0 spiro atoms. The Hall–Kier alpha value is -1.03. The van der Waals surface area contributed by atoms with Crippen LogP contribution in [0.25, 0.3) is 0 Å². The van der Waals surface area contributed by atoms with E-state index < -0.39 is 0 Å². The highest BCUT2D eigenvalue weighted by molar-refractivity contribution is 9.10. The first-order valence-corrected chi connectivity index (χ1v) is 7.15. The van der Waals surface area contributed by atoms with Crippen LogP contribution in [0, 0.1) is 6.92 Å². The number of carbonyl (C=O) groups excluding carboxylic acids is 1. The van der Waals surface area contributed by atoms with Gasteiger partial charge < -0.3 is 10.6 Å². The van der Waals surface area contributed by atoms with E-state index in [1.54, 1.807) is 0 Å². The van der Waals surface area contributed by atoms with E-state index in [1.807, 2.05) is 25.1 Å². The maximum absolute atomic E-state index is 11.7. The second-order valence-electron chi connectivity index (χ2n) is 4.42. The summed E-state index contributed by atoms with van der Waals surface area (Å²) in [4.78, 5) is 11.7. The lowest BCUT2D eigenvalue weighted by Gasteiger charge is -2.15. The van der Waals surface area contributed by atoms with Gasteiger partial charge >= 0.3 is 0 Å². The predicted molar refractivity (Wildman–Crippen MR) is 79.9 cm³/mol. The number of hydrogen-bond donors (Lipinski definition) is 2. The third kappa shape index (κ3) is 4.69. The summed E-state index contributed by atoms with van der Waals surface area (Å²) >= 11 is 3.48. The fourth-order valence-electron chi connectivity index (χ4n) is 1.71. The Morgan fingerprint density at radius 3 is 2.56 bits per heavy atom. The van der Waals surface area contributed by atoms with Crippen molar-refractivity contribution < 1.29 is 4.79 Å². The minimum atomic E-state index is 0.0381. The van der Waals surface area contributed by atoms with E-state index in [2.05, 4.69) is 40.4 Å². The third-order valence-electron chi connectivity index (χ3n) is 2.91. The lowest BCUT2D eigenvalue weighted by Crippen LogP contribution is -2.37. The molecule has 100 valence electrons. The number of rotatable bonds is 6. The molecular weight excluding hydrogens is 292 g/mol. The van der Waals surface area contributed by atoms with Gasteiger partial charge in [-0.1, -0.05) is 19.9 Å². The molecule has 18 heavy (non-hydrogen) atoms. The third-order valence-corrected chi connectivity index (χ3v) is 3.57. The van der Waals surface area contributed by atoms with Crippen molar-refractivity contribution in [2.45, 2.75) is 39.7 Å². The van der Waals surface area contributed by atoms with Crippen molar-refractivity contribution in [2.75, 3.05) is 11.9 Å². The monoisotopic (exact) mass is 312 g/mol. The number of anilines is 1. The normalized spacial score (nSPS) is 10.5. The molecule has 0 radical (unpaired) electrons. The Balaban J connectivity index is 2.47. The van der Waals surface area contributed by atoms with Crippen LogP contribution in [0.3, 0.4) is 0 Å². The quantitative estimate of drug-likeness (QED) is 0.844. The number of aryl methyl sites for hydroxylation is 1. The minimum Gasteiger partial charge on any atom is -0.375 e. The van der Waals surface area contributed by atoms with E-state index in [0.717, 1.165) is 23.0 Å². The average Bonchev–Trinajstić information content (AvgIpc) is 2.35. The van der Waals surface area contributed by atoms with Gasteiger partial charge in [0.2, 0.25) is 5.91 Å². The van der Waals surface area contributed by atoms with Gasteiger partial charge in [0, 0.05) is 16.2 Å². The first-order chi connectivity index (χ1) is 8.56. The molecule has 1 amide bonds. The van der Waals surface area contributed by atoms with Crippen LogP contribution in [-0.2, 0) is 4.79 Å². The summed E-state index contributed by atoms with van der Waals surface area (Å²) in [6.45, 7) is 6.50. The summed E-state index contributed by atoms with van der Waals surface area (Å²) in [5.74, 6) is 0.0381. The molecule has 0 saturated heterocycles. The summed E-state index contributed by atoms with van der Waals surface area (Å²) in [7, 11) is 0. The Bertz CT molecular complexity index is 403. The van der Waals surface area contributed by atoms with Gasteiger partial charge in [-0.2, -0.15) is 0 Å². The zero-order valence-electron chi connectivity index (χ0n) is 11.2. The molecule has 0 unspecified atom stereocenters. The molecule has 1 rings (SSSR count). The van der Waals surface area contributed by atoms with Crippen molar-refractivity contribution in [3.63, 3.8) is 0 Å². The van der Waals surface area contributed by atoms with Gasteiger partial charge in [-0.3, -0.25) is 4.79 Å². The van der Waals surface area contributed by atoms with E-state index in [1.165, 1.54) is 5.56 Å². The van der Waals surface area contributed by atoms with Gasteiger partial charge in [0.05, 0.1) is 6.54 Å². The Kier molecular flexibility index (Phi) is 6.19. The van der Waals surface area contributed by atoms with Crippen LogP contribution >= 0.6 is 15.9 Å². The highest BCUT2D eigenvalue weighted by Gasteiger charge is 2.08.